The lowest BCUT2D eigenvalue weighted by Gasteiger charge is -2.36. The molecule has 2 fully saturated rings. The average Bonchev–Trinajstić information content (AvgIpc) is 2.97. The zero-order valence-corrected chi connectivity index (χ0v) is 21.1. The summed E-state index contributed by atoms with van der Waals surface area (Å²) in [6.45, 7) is 7.38. The third-order valence-corrected chi connectivity index (χ3v) is 7.30. The second-order valence-corrected chi connectivity index (χ2v) is 10.6. The Morgan fingerprint density at radius 1 is 1.06 bits per heavy atom. The number of benzene rings is 2. The van der Waals surface area contributed by atoms with Crippen molar-refractivity contribution in [3.8, 4) is 0 Å². The van der Waals surface area contributed by atoms with Crippen LogP contribution in [0.4, 0.5) is 13.2 Å². The molecule has 2 amide bonds. The Morgan fingerprint density at radius 2 is 1.67 bits per heavy atom. The van der Waals surface area contributed by atoms with Crippen LogP contribution in [-0.4, -0.2) is 42.1 Å². The Labute approximate surface area is 213 Å². The van der Waals surface area contributed by atoms with Crippen LogP contribution in [0, 0.1) is 5.82 Å². The molecule has 1 saturated heterocycles. The number of carbonyl (C=O) groups excluding carboxylic acids is 2. The minimum absolute atomic E-state index is 0.0483. The molecule has 36 heavy (non-hydrogen) atoms. The smallest absolute Gasteiger partial charge is 0.399 e. The first-order chi connectivity index (χ1) is 16.7. The Morgan fingerprint density at radius 3 is 2.22 bits per heavy atom. The highest BCUT2D eigenvalue weighted by molar-refractivity contribution is 6.62. The molecule has 2 aromatic carbocycles. The highest BCUT2D eigenvalue weighted by Gasteiger charge is 2.52. The Kier molecular flexibility index (Phi) is 6.92. The molecule has 1 aliphatic heterocycles. The molecule has 11 heteroatoms. The van der Waals surface area contributed by atoms with Crippen LogP contribution in [0.15, 0.2) is 42.5 Å². The van der Waals surface area contributed by atoms with Gasteiger partial charge in [-0.25, -0.2) is 13.2 Å². The fraction of sp³-hybridized carbons (Fsp3) is 0.440. The molecular formula is C25H27BClF3N2O4. The lowest BCUT2D eigenvalue weighted by molar-refractivity contribution is -0.131. The van der Waals surface area contributed by atoms with Crippen molar-refractivity contribution in [2.75, 3.05) is 0 Å². The molecule has 192 valence electrons. The average molecular weight is 523 g/mol. The first kappa shape index (κ1) is 26.5. The molecule has 2 N–H and O–H groups in total. The van der Waals surface area contributed by atoms with E-state index in [1.54, 1.807) is 24.3 Å². The Hall–Kier alpha value is -2.56. The van der Waals surface area contributed by atoms with Gasteiger partial charge in [-0.2, -0.15) is 0 Å². The molecule has 0 spiro atoms. The predicted octanol–water partition coefficient (Wildman–Crippen LogP) is 4.16. The van der Waals surface area contributed by atoms with Crippen LogP contribution >= 0.6 is 11.6 Å². The van der Waals surface area contributed by atoms with Gasteiger partial charge in [-0.05, 0) is 45.9 Å². The molecule has 4 rings (SSSR count). The number of rotatable bonds is 6. The number of hydrogen-bond acceptors (Lipinski definition) is 4. The van der Waals surface area contributed by atoms with E-state index in [0.29, 0.717) is 0 Å². The minimum atomic E-state index is -2.82. The van der Waals surface area contributed by atoms with Gasteiger partial charge >= 0.3 is 7.12 Å². The molecular weight excluding hydrogens is 496 g/mol. The number of halogens is 4. The van der Waals surface area contributed by atoms with E-state index in [1.165, 1.54) is 12.1 Å². The quantitative estimate of drug-likeness (QED) is 0.559. The summed E-state index contributed by atoms with van der Waals surface area (Å²) in [6.07, 6.45) is -0.957. The van der Waals surface area contributed by atoms with Crippen LogP contribution in [0.25, 0.3) is 0 Å². The van der Waals surface area contributed by atoms with Crippen molar-refractivity contribution in [2.45, 2.75) is 69.7 Å². The van der Waals surface area contributed by atoms with E-state index in [9.17, 15) is 18.4 Å². The van der Waals surface area contributed by atoms with Crippen molar-refractivity contribution in [3.63, 3.8) is 0 Å². The largest absolute Gasteiger partial charge is 0.497 e. The summed E-state index contributed by atoms with van der Waals surface area (Å²) in [6, 6.07) is 8.20. The number of alkyl halides is 2. The van der Waals surface area contributed by atoms with Gasteiger partial charge in [-0.1, -0.05) is 35.9 Å². The first-order valence-electron chi connectivity index (χ1n) is 11.6. The summed E-state index contributed by atoms with van der Waals surface area (Å²) in [4.78, 5) is 26.0. The predicted molar refractivity (Wildman–Crippen MR) is 130 cm³/mol. The monoisotopic (exact) mass is 522 g/mol. The zero-order valence-electron chi connectivity index (χ0n) is 20.3. The highest BCUT2D eigenvalue weighted by Crippen LogP contribution is 2.38. The van der Waals surface area contributed by atoms with E-state index >= 15 is 4.39 Å². The SMILES string of the molecule is CC1(C)OB(c2ccc(C(=O)NC(C(=O)NC3CC(F)(F)C3)c3ccccc3Cl)cc2F)OC1(C)C. The maximum absolute atomic E-state index is 15.0. The summed E-state index contributed by atoms with van der Waals surface area (Å²) in [5.41, 5.74) is -0.963. The van der Waals surface area contributed by atoms with Gasteiger partial charge in [-0.3, -0.25) is 9.59 Å². The van der Waals surface area contributed by atoms with Crippen molar-refractivity contribution < 1.29 is 32.1 Å². The topological polar surface area (TPSA) is 76.7 Å². The zero-order chi connectivity index (χ0) is 26.5. The molecule has 0 aromatic heterocycles. The van der Waals surface area contributed by atoms with Gasteiger partial charge in [0.1, 0.15) is 11.9 Å². The van der Waals surface area contributed by atoms with Crippen LogP contribution in [-0.2, 0) is 14.1 Å². The molecule has 6 nitrogen and oxygen atoms in total. The van der Waals surface area contributed by atoms with Gasteiger partial charge in [0.2, 0.25) is 5.91 Å². The number of hydrogen-bond donors (Lipinski definition) is 2. The highest BCUT2D eigenvalue weighted by atomic mass is 35.5. The van der Waals surface area contributed by atoms with Crippen LogP contribution in [0.2, 0.25) is 5.02 Å². The van der Waals surface area contributed by atoms with Crippen LogP contribution in [0.3, 0.4) is 0 Å². The van der Waals surface area contributed by atoms with Gasteiger partial charge in [0.15, 0.2) is 0 Å². The number of nitrogens with one attached hydrogen (secondary N) is 2. The molecule has 2 aromatic rings. The first-order valence-corrected chi connectivity index (χ1v) is 12.0. The standard InChI is InChI=1S/C25H27BClF3N2O4/c1-23(2)24(3,4)36-26(35-23)17-10-9-14(11-19(17)28)21(33)32-20(16-7-5-6-8-18(16)27)22(34)31-15-12-25(29,30)13-15/h5-11,15,20H,12-13H2,1-4H3,(H,31,34)(H,32,33). The van der Waals surface area contributed by atoms with E-state index in [0.717, 1.165) is 6.07 Å². The van der Waals surface area contributed by atoms with Gasteiger partial charge in [-0.15, -0.1) is 0 Å². The van der Waals surface area contributed by atoms with Crippen molar-refractivity contribution in [1.82, 2.24) is 10.6 Å². The second-order valence-electron chi connectivity index (χ2n) is 10.2. The fourth-order valence-electron chi connectivity index (χ4n) is 4.09. The summed E-state index contributed by atoms with van der Waals surface area (Å²) in [5.74, 6) is -4.96. The molecule has 1 heterocycles. The van der Waals surface area contributed by atoms with Gasteiger partial charge in [0.25, 0.3) is 11.8 Å². The summed E-state index contributed by atoms with van der Waals surface area (Å²) >= 11 is 6.25. The molecule has 0 radical (unpaired) electrons. The third-order valence-electron chi connectivity index (χ3n) is 6.96. The van der Waals surface area contributed by atoms with Gasteiger partial charge < -0.3 is 19.9 Å². The number of carbonyl (C=O) groups is 2. The minimum Gasteiger partial charge on any atom is -0.399 e. The van der Waals surface area contributed by atoms with Crippen LogP contribution in [0.5, 0.6) is 0 Å². The molecule has 0 bridgehead atoms. The molecule has 1 atom stereocenters. The fourth-order valence-corrected chi connectivity index (χ4v) is 4.33. The molecule has 1 unspecified atom stereocenters. The third kappa shape index (κ3) is 5.26. The Balaban J connectivity index is 1.53. The lowest BCUT2D eigenvalue weighted by atomic mass is 9.78. The normalized spacial score (nSPS) is 20.9. The number of amides is 2. The molecule has 1 aliphatic carbocycles. The van der Waals surface area contributed by atoms with Crippen molar-refractivity contribution in [3.05, 3.63) is 64.4 Å². The van der Waals surface area contributed by atoms with Crippen molar-refractivity contribution in [1.29, 1.82) is 0 Å². The van der Waals surface area contributed by atoms with E-state index in [1.807, 2.05) is 27.7 Å². The van der Waals surface area contributed by atoms with Gasteiger partial charge in [0, 0.05) is 40.5 Å². The second kappa shape index (κ2) is 9.39. The van der Waals surface area contributed by atoms with Crippen molar-refractivity contribution >= 4 is 36.0 Å². The van der Waals surface area contributed by atoms with E-state index in [4.69, 9.17) is 20.9 Å². The summed E-state index contributed by atoms with van der Waals surface area (Å²) in [7, 11) is -0.950. The van der Waals surface area contributed by atoms with Crippen molar-refractivity contribution in [2.24, 2.45) is 0 Å². The lowest BCUT2D eigenvalue weighted by Crippen LogP contribution is -2.53. The van der Waals surface area contributed by atoms with Crippen LogP contribution < -0.4 is 16.1 Å². The van der Waals surface area contributed by atoms with E-state index < -0.39 is 66.8 Å². The maximum atomic E-state index is 15.0. The molecule has 1 saturated carbocycles. The van der Waals surface area contributed by atoms with Crippen LogP contribution in [0.1, 0.15) is 62.5 Å². The maximum Gasteiger partial charge on any atom is 0.497 e. The van der Waals surface area contributed by atoms with E-state index in [-0.39, 0.29) is 21.6 Å². The van der Waals surface area contributed by atoms with Gasteiger partial charge in [0.05, 0.1) is 11.2 Å². The Bertz CT molecular complexity index is 1170. The summed E-state index contributed by atoms with van der Waals surface area (Å²) in [5, 5.41) is 5.29. The summed E-state index contributed by atoms with van der Waals surface area (Å²) < 4.78 is 53.3. The molecule has 2 aliphatic rings. The van der Waals surface area contributed by atoms with E-state index in [2.05, 4.69) is 10.6 Å².